The molecule has 0 aromatic heterocycles. The van der Waals surface area contributed by atoms with Crippen LogP contribution in [-0.2, 0) is 9.53 Å². The Labute approximate surface area is 123 Å². The number of ether oxygens (including phenoxy) is 1. The number of hydrogen-bond acceptors (Lipinski definition) is 3. The fourth-order valence-corrected chi connectivity index (χ4v) is 4.47. The SMILES string of the molecule is COCCNC(=O)C(C)NC1C2(C)CCC(C2)C1(C)C. The van der Waals surface area contributed by atoms with Crippen LogP contribution in [0.2, 0.25) is 0 Å². The Bertz CT molecular complexity index is 365. The highest BCUT2D eigenvalue weighted by atomic mass is 16.5. The maximum absolute atomic E-state index is 12.1. The maximum atomic E-state index is 12.1. The van der Waals surface area contributed by atoms with Gasteiger partial charge in [-0.3, -0.25) is 4.79 Å². The van der Waals surface area contributed by atoms with Crippen LogP contribution in [0.1, 0.15) is 47.0 Å². The van der Waals surface area contributed by atoms with Gasteiger partial charge < -0.3 is 15.4 Å². The molecule has 4 heteroatoms. The van der Waals surface area contributed by atoms with E-state index in [2.05, 4.69) is 31.4 Å². The maximum Gasteiger partial charge on any atom is 0.236 e. The number of nitrogens with one attached hydrogen (secondary N) is 2. The highest BCUT2D eigenvalue weighted by Crippen LogP contribution is 2.62. The van der Waals surface area contributed by atoms with Crippen molar-refractivity contribution in [3.8, 4) is 0 Å². The largest absolute Gasteiger partial charge is 0.383 e. The second-order valence-electron chi connectivity index (χ2n) is 7.52. The highest BCUT2D eigenvalue weighted by Gasteiger charge is 2.59. The van der Waals surface area contributed by atoms with Crippen LogP contribution >= 0.6 is 0 Å². The molecule has 1 amide bonds. The summed E-state index contributed by atoms with van der Waals surface area (Å²) in [5.74, 6) is 0.873. The molecule has 2 saturated carbocycles. The minimum Gasteiger partial charge on any atom is -0.383 e. The number of hydrogen-bond donors (Lipinski definition) is 2. The zero-order valence-corrected chi connectivity index (χ0v) is 13.6. The van der Waals surface area contributed by atoms with Crippen LogP contribution in [0.4, 0.5) is 0 Å². The van der Waals surface area contributed by atoms with E-state index in [0.29, 0.717) is 24.6 Å². The second-order valence-corrected chi connectivity index (χ2v) is 7.52. The van der Waals surface area contributed by atoms with Crippen molar-refractivity contribution < 1.29 is 9.53 Å². The van der Waals surface area contributed by atoms with Crippen LogP contribution in [0.5, 0.6) is 0 Å². The van der Waals surface area contributed by atoms with Gasteiger partial charge >= 0.3 is 0 Å². The standard InChI is InChI=1S/C16H30N2O2/c1-11(13(19)17-8-9-20-5)18-14-15(2,3)12-6-7-16(14,4)10-12/h11-12,14,18H,6-10H2,1-5H3,(H,17,19). The molecule has 2 bridgehead atoms. The predicted octanol–water partition coefficient (Wildman–Crippen LogP) is 1.94. The van der Waals surface area contributed by atoms with Crippen LogP contribution in [0, 0.1) is 16.7 Å². The lowest BCUT2D eigenvalue weighted by atomic mass is 9.68. The fourth-order valence-electron chi connectivity index (χ4n) is 4.47. The minimum atomic E-state index is -0.146. The van der Waals surface area contributed by atoms with E-state index < -0.39 is 0 Å². The van der Waals surface area contributed by atoms with Gasteiger partial charge in [0, 0.05) is 19.7 Å². The first-order valence-corrected chi connectivity index (χ1v) is 7.84. The Kier molecular flexibility index (Phi) is 4.45. The van der Waals surface area contributed by atoms with Crippen LogP contribution in [0.3, 0.4) is 0 Å². The molecule has 116 valence electrons. The summed E-state index contributed by atoms with van der Waals surface area (Å²) in [6, 6.07) is 0.282. The molecule has 2 fully saturated rings. The molecule has 0 radical (unpaired) electrons. The number of amides is 1. The lowest BCUT2D eigenvalue weighted by Crippen LogP contribution is -2.56. The molecule has 0 aliphatic heterocycles. The summed E-state index contributed by atoms with van der Waals surface area (Å²) >= 11 is 0. The van der Waals surface area contributed by atoms with E-state index in [9.17, 15) is 4.79 Å². The Morgan fingerprint density at radius 1 is 1.40 bits per heavy atom. The second kappa shape index (κ2) is 5.64. The first-order chi connectivity index (χ1) is 9.31. The zero-order valence-electron chi connectivity index (χ0n) is 13.6. The normalized spacial score (nSPS) is 36.0. The summed E-state index contributed by atoms with van der Waals surface area (Å²) in [6.45, 7) is 10.2. The van der Waals surface area contributed by atoms with E-state index in [0.717, 1.165) is 5.92 Å². The lowest BCUT2D eigenvalue weighted by Gasteiger charge is -2.44. The number of rotatable bonds is 6. The van der Waals surface area contributed by atoms with E-state index >= 15 is 0 Å². The van der Waals surface area contributed by atoms with E-state index in [-0.39, 0.29) is 17.4 Å². The molecule has 4 unspecified atom stereocenters. The van der Waals surface area contributed by atoms with Crippen molar-refractivity contribution in [3.05, 3.63) is 0 Å². The van der Waals surface area contributed by atoms with Crippen molar-refractivity contribution >= 4 is 5.91 Å². The number of methoxy groups -OCH3 is 1. The smallest absolute Gasteiger partial charge is 0.236 e. The molecule has 0 heterocycles. The van der Waals surface area contributed by atoms with Gasteiger partial charge in [0.2, 0.25) is 5.91 Å². The van der Waals surface area contributed by atoms with Gasteiger partial charge in [0.1, 0.15) is 0 Å². The average Bonchev–Trinajstić information content (AvgIpc) is 2.85. The third kappa shape index (κ3) is 2.73. The molecular formula is C16H30N2O2. The van der Waals surface area contributed by atoms with Crippen LogP contribution in [0.15, 0.2) is 0 Å². The zero-order chi connectivity index (χ0) is 15.0. The topological polar surface area (TPSA) is 50.4 Å². The monoisotopic (exact) mass is 282 g/mol. The van der Waals surface area contributed by atoms with Gasteiger partial charge in [-0.2, -0.15) is 0 Å². The predicted molar refractivity (Wildman–Crippen MR) is 80.5 cm³/mol. The summed E-state index contributed by atoms with van der Waals surface area (Å²) in [6.07, 6.45) is 3.93. The van der Waals surface area contributed by atoms with Crippen molar-refractivity contribution in [2.75, 3.05) is 20.3 Å². The van der Waals surface area contributed by atoms with Gasteiger partial charge in [0.15, 0.2) is 0 Å². The summed E-state index contributed by atoms with van der Waals surface area (Å²) in [4.78, 5) is 12.1. The van der Waals surface area contributed by atoms with E-state index in [1.807, 2.05) is 6.92 Å². The Morgan fingerprint density at radius 3 is 2.65 bits per heavy atom. The van der Waals surface area contributed by atoms with Crippen molar-refractivity contribution in [2.45, 2.75) is 59.0 Å². The first-order valence-electron chi connectivity index (χ1n) is 7.84. The molecule has 2 rings (SSSR count). The number of fused-ring (bicyclic) bond motifs is 2. The molecule has 0 saturated heterocycles. The molecule has 2 N–H and O–H groups in total. The summed E-state index contributed by atoms with van der Waals surface area (Å²) in [5.41, 5.74) is 0.642. The average molecular weight is 282 g/mol. The Hall–Kier alpha value is -0.610. The van der Waals surface area contributed by atoms with Crippen molar-refractivity contribution in [1.29, 1.82) is 0 Å². The number of carbonyl (C=O) groups excluding carboxylic acids is 1. The Morgan fingerprint density at radius 2 is 2.10 bits per heavy atom. The van der Waals surface area contributed by atoms with Crippen molar-refractivity contribution in [3.63, 3.8) is 0 Å². The lowest BCUT2D eigenvalue weighted by molar-refractivity contribution is -0.123. The molecule has 20 heavy (non-hydrogen) atoms. The molecule has 0 aromatic carbocycles. The molecule has 4 nitrogen and oxygen atoms in total. The van der Waals surface area contributed by atoms with Crippen LogP contribution < -0.4 is 10.6 Å². The third-order valence-corrected chi connectivity index (χ3v) is 5.69. The summed E-state index contributed by atoms with van der Waals surface area (Å²) < 4.78 is 4.96. The van der Waals surface area contributed by atoms with Crippen LogP contribution in [0.25, 0.3) is 0 Å². The molecule has 4 atom stereocenters. The van der Waals surface area contributed by atoms with Gasteiger partial charge in [-0.25, -0.2) is 0 Å². The van der Waals surface area contributed by atoms with Gasteiger partial charge in [-0.05, 0) is 42.9 Å². The molecule has 2 aliphatic rings. The van der Waals surface area contributed by atoms with E-state index in [1.165, 1.54) is 19.3 Å². The minimum absolute atomic E-state index is 0.0734. The summed E-state index contributed by atoms with van der Waals surface area (Å²) in [5, 5.41) is 6.53. The number of carbonyl (C=O) groups is 1. The van der Waals surface area contributed by atoms with Gasteiger partial charge in [0.25, 0.3) is 0 Å². The van der Waals surface area contributed by atoms with Crippen molar-refractivity contribution in [2.24, 2.45) is 16.7 Å². The third-order valence-electron chi connectivity index (χ3n) is 5.69. The Balaban J connectivity index is 1.93. The van der Waals surface area contributed by atoms with Crippen LogP contribution in [-0.4, -0.2) is 38.3 Å². The summed E-state index contributed by atoms with van der Waals surface area (Å²) in [7, 11) is 1.65. The van der Waals surface area contributed by atoms with E-state index in [4.69, 9.17) is 4.74 Å². The molecule has 0 spiro atoms. The van der Waals surface area contributed by atoms with Gasteiger partial charge in [-0.1, -0.05) is 20.8 Å². The van der Waals surface area contributed by atoms with Gasteiger partial charge in [0.05, 0.1) is 12.6 Å². The molecule has 0 aromatic rings. The fraction of sp³-hybridized carbons (Fsp3) is 0.938. The quantitative estimate of drug-likeness (QED) is 0.732. The van der Waals surface area contributed by atoms with Gasteiger partial charge in [-0.15, -0.1) is 0 Å². The highest BCUT2D eigenvalue weighted by molar-refractivity contribution is 5.81. The van der Waals surface area contributed by atoms with Crippen molar-refractivity contribution in [1.82, 2.24) is 10.6 Å². The molecule has 2 aliphatic carbocycles. The van der Waals surface area contributed by atoms with E-state index in [1.54, 1.807) is 7.11 Å². The first kappa shape index (κ1) is 15.8. The molecular weight excluding hydrogens is 252 g/mol.